The van der Waals surface area contributed by atoms with E-state index < -0.39 is 0 Å². The molecule has 0 radical (unpaired) electrons. The fraction of sp³-hybridized carbons (Fsp3) is 0. The summed E-state index contributed by atoms with van der Waals surface area (Å²) in [6.45, 7) is 0. The molecule has 3 N–H and O–H groups in total. The van der Waals surface area contributed by atoms with Crippen molar-refractivity contribution in [2.75, 3.05) is 11.1 Å². The minimum absolute atomic E-state index is 0.524. The molecule has 0 spiro atoms. The highest BCUT2D eigenvalue weighted by Gasteiger charge is 2.08. The smallest absolute Gasteiger partial charge is 0.0794 e. The van der Waals surface area contributed by atoms with Crippen LogP contribution >= 0.6 is 39.1 Å². The SMILES string of the molecule is Nc1cncc(Br)c1Nc1cc(Cl)ccc1Cl. The van der Waals surface area contributed by atoms with Gasteiger partial charge >= 0.3 is 0 Å². The van der Waals surface area contributed by atoms with E-state index in [0.29, 0.717) is 27.1 Å². The van der Waals surface area contributed by atoms with Crippen LogP contribution in [0.15, 0.2) is 35.1 Å². The first-order chi connectivity index (χ1) is 8.08. The maximum atomic E-state index is 6.06. The summed E-state index contributed by atoms with van der Waals surface area (Å²) in [5.41, 5.74) is 7.75. The molecular formula is C11H8BrCl2N3. The summed E-state index contributed by atoms with van der Waals surface area (Å²) >= 11 is 15.3. The molecule has 6 heteroatoms. The van der Waals surface area contributed by atoms with Crippen LogP contribution < -0.4 is 11.1 Å². The second-order valence-electron chi connectivity index (χ2n) is 3.33. The van der Waals surface area contributed by atoms with Gasteiger partial charge in [0.15, 0.2) is 0 Å². The molecule has 0 aliphatic rings. The summed E-state index contributed by atoms with van der Waals surface area (Å²) in [4.78, 5) is 3.96. The van der Waals surface area contributed by atoms with Crippen molar-refractivity contribution in [1.82, 2.24) is 4.98 Å². The van der Waals surface area contributed by atoms with Gasteiger partial charge in [0.2, 0.25) is 0 Å². The van der Waals surface area contributed by atoms with Crippen molar-refractivity contribution in [1.29, 1.82) is 0 Å². The van der Waals surface area contributed by atoms with Crippen LogP contribution in [0.5, 0.6) is 0 Å². The van der Waals surface area contributed by atoms with Crippen LogP contribution in [-0.4, -0.2) is 4.98 Å². The van der Waals surface area contributed by atoms with E-state index in [1.54, 1.807) is 30.6 Å². The van der Waals surface area contributed by atoms with E-state index in [-0.39, 0.29) is 0 Å². The van der Waals surface area contributed by atoms with E-state index in [1.165, 1.54) is 0 Å². The van der Waals surface area contributed by atoms with Crippen LogP contribution in [0.3, 0.4) is 0 Å². The van der Waals surface area contributed by atoms with Crippen molar-refractivity contribution >= 4 is 56.2 Å². The summed E-state index contributed by atoms with van der Waals surface area (Å²) in [7, 11) is 0. The Bertz CT molecular complexity index is 540. The molecule has 0 fully saturated rings. The average Bonchev–Trinajstić information content (AvgIpc) is 2.28. The molecule has 0 amide bonds. The van der Waals surface area contributed by atoms with Gasteiger partial charge in [-0.3, -0.25) is 4.98 Å². The van der Waals surface area contributed by atoms with E-state index in [9.17, 15) is 0 Å². The molecule has 17 heavy (non-hydrogen) atoms. The standard InChI is InChI=1S/C11H8BrCl2N3/c12-7-4-16-5-9(15)11(7)17-10-3-6(13)1-2-8(10)14/h1-5H,15H2,(H,16,17). The van der Waals surface area contributed by atoms with E-state index in [4.69, 9.17) is 28.9 Å². The van der Waals surface area contributed by atoms with Crippen LogP contribution in [0.25, 0.3) is 0 Å². The summed E-state index contributed by atoms with van der Waals surface area (Å²) in [5, 5.41) is 4.29. The quantitative estimate of drug-likeness (QED) is 0.852. The van der Waals surface area contributed by atoms with E-state index >= 15 is 0 Å². The van der Waals surface area contributed by atoms with Crippen molar-refractivity contribution in [3.8, 4) is 0 Å². The maximum Gasteiger partial charge on any atom is 0.0794 e. The minimum atomic E-state index is 0.524. The first-order valence-corrected chi connectivity index (χ1v) is 6.24. The molecule has 0 saturated carbocycles. The molecule has 2 rings (SSSR count). The van der Waals surface area contributed by atoms with Gasteiger partial charge in [0.25, 0.3) is 0 Å². The molecule has 0 aliphatic heterocycles. The third kappa shape index (κ3) is 2.83. The lowest BCUT2D eigenvalue weighted by atomic mass is 10.3. The van der Waals surface area contributed by atoms with Gasteiger partial charge in [-0.2, -0.15) is 0 Å². The topological polar surface area (TPSA) is 50.9 Å². The first kappa shape index (κ1) is 12.5. The minimum Gasteiger partial charge on any atom is -0.396 e. The number of nitrogens with two attached hydrogens (primary N) is 1. The van der Waals surface area contributed by atoms with Gasteiger partial charge < -0.3 is 11.1 Å². The lowest BCUT2D eigenvalue weighted by Gasteiger charge is -2.12. The molecule has 1 aromatic heterocycles. The predicted molar refractivity (Wildman–Crippen MR) is 76.1 cm³/mol. The zero-order valence-electron chi connectivity index (χ0n) is 8.55. The van der Waals surface area contributed by atoms with Gasteiger partial charge in [-0.1, -0.05) is 23.2 Å². The summed E-state index contributed by atoms with van der Waals surface area (Å²) in [6, 6.07) is 5.17. The number of nitrogens with zero attached hydrogens (tertiary/aromatic N) is 1. The van der Waals surface area contributed by atoms with Crippen molar-refractivity contribution in [2.24, 2.45) is 0 Å². The Morgan fingerprint density at radius 2 is 2.00 bits per heavy atom. The Kier molecular flexibility index (Phi) is 3.76. The Morgan fingerprint density at radius 3 is 2.71 bits per heavy atom. The van der Waals surface area contributed by atoms with Crippen LogP contribution in [0.1, 0.15) is 0 Å². The normalized spacial score (nSPS) is 10.3. The fourth-order valence-corrected chi connectivity index (χ4v) is 2.09. The monoisotopic (exact) mass is 331 g/mol. The Morgan fingerprint density at radius 1 is 1.24 bits per heavy atom. The van der Waals surface area contributed by atoms with E-state index in [0.717, 1.165) is 4.47 Å². The molecule has 1 aromatic carbocycles. The van der Waals surface area contributed by atoms with Crippen LogP contribution in [0, 0.1) is 0 Å². The zero-order valence-corrected chi connectivity index (χ0v) is 11.6. The molecule has 1 heterocycles. The second-order valence-corrected chi connectivity index (χ2v) is 5.03. The number of nitrogen functional groups attached to an aromatic ring is 1. The van der Waals surface area contributed by atoms with Crippen molar-refractivity contribution in [3.63, 3.8) is 0 Å². The van der Waals surface area contributed by atoms with Gasteiger partial charge in [0, 0.05) is 11.2 Å². The van der Waals surface area contributed by atoms with E-state index in [2.05, 4.69) is 26.2 Å². The summed E-state index contributed by atoms with van der Waals surface area (Å²) < 4.78 is 0.758. The van der Waals surface area contributed by atoms with Gasteiger partial charge in [-0.25, -0.2) is 0 Å². The highest BCUT2D eigenvalue weighted by atomic mass is 79.9. The number of rotatable bonds is 2. The molecule has 0 unspecified atom stereocenters. The Balaban J connectivity index is 2.41. The lowest BCUT2D eigenvalue weighted by Crippen LogP contribution is -1.98. The predicted octanol–water partition coefficient (Wildman–Crippen LogP) is 4.48. The highest BCUT2D eigenvalue weighted by Crippen LogP contribution is 2.34. The number of benzene rings is 1. The number of halogens is 3. The third-order valence-electron chi connectivity index (χ3n) is 2.12. The number of hydrogen-bond donors (Lipinski definition) is 2. The Labute approximate surface area is 117 Å². The van der Waals surface area contributed by atoms with Gasteiger partial charge in [0.1, 0.15) is 0 Å². The van der Waals surface area contributed by atoms with Gasteiger partial charge in [-0.15, -0.1) is 0 Å². The molecule has 0 atom stereocenters. The molecule has 0 aliphatic carbocycles. The number of anilines is 3. The molecule has 0 bridgehead atoms. The number of pyridine rings is 1. The van der Waals surface area contributed by atoms with Crippen molar-refractivity contribution < 1.29 is 0 Å². The van der Waals surface area contributed by atoms with Crippen LogP contribution in [0.4, 0.5) is 17.1 Å². The molecule has 0 saturated heterocycles. The van der Waals surface area contributed by atoms with Gasteiger partial charge in [-0.05, 0) is 34.1 Å². The molecule has 88 valence electrons. The Hall–Kier alpha value is -0.970. The van der Waals surface area contributed by atoms with Crippen LogP contribution in [-0.2, 0) is 0 Å². The second kappa shape index (κ2) is 5.12. The fourth-order valence-electron chi connectivity index (χ4n) is 1.31. The van der Waals surface area contributed by atoms with Crippen molar-refractivity contribution in [3.05, 3.63) is 45.1 Å². The molecule has 3 nitrogen and oxygen atoms in total. The van der Waals surface area contributed by atoms with Crippen molar-refractivity contribution in [2.45, 2.75) is 0 Å². The molecule has 2 aromatic rings. The maximum absolute atomic E-state index is 6.06. The number of nitrogens with one attached hydrogen (secondary N) is 1. The highest BCUT2D eigenvalue weighted by molar-refractivity contribution is 9.10. The lowest BCUT2D eigenvalue weighted by molar-refractivity contribution is 1.31. The number of aromatic nitrogens is 1. The first-order valence-electron chi connectivity index (χ1n) is 4.69. The summed E-state index contributed by atoms with van der Waals surface area (Å²) in [6.07, 6.45) is 3.21. The average molecular weight is 333 g/mol. The van der Waals surface area contributed by atoms with Gasteiger partial charge in [0.05, 0.1) is 32.8 Å². The largest absolute Gasteiger partial charge is 0.396 e. The third-order valence-corrected chi connectivity index (χ3v) is 3.28. The summed E-state index contributed by atoms with van der Waals surface area (Å²) in [5.74, 6) is 0. The van der Waals surface area contributed by atoms with E-state index in [1.807, 2.05) is 0 Å². The number of hydrogen-bond acceptors (Lipinski definition) is 3. The zero-order chi connectivity index (χ0) is 12.4. The van der Waals surface area contributed by atoms with Crippen LogP contribution in [0.2, 0.25) is 10.0 Å². The molecular weight excluding hydrogens is 325 g/mol.